The number of hydrogen-bond donors (Lipinski definition) is 3. The largest absolute Gasteiger partial charge is 0.370 e. The number of benzene rings is 1. The number of primary amides is 1. The molecule has 0 radical (unpaired) electrons. The number of halogens is 1. The van der Waals surface area contributed by atoms with E-state index in [9.17, 15) is 19.2 Å². The van der Waals surface area contributed by atoms with Crippen LogP contribution in [0, 0.1) is 11.8 Å². The molecule has 1 spiro atoms. The lowest BCUT2D eigenvalue weighted by Gasteiger charge is -2.34. The third-order valence-corrected chi connectivity index (χ3v) is 6.00. The standard InChI is InChI=1S/C19H21ClN4O4/c1-18(2,3)24-15(26)13-11(7-12(21)25)23-19(14(13)16(24)27)9-6-8(20)4-5-10(9)22-17(19)28/h4-6,11,13-14,23H,7H2,1-3H3,(H2,21,25)(H,22,28)/t11-,13-,14+,19+/m1/s1. The van der Waals surface area contributed by atoms with Crippen molar-refractivity contribution in [2.45, 2.75) is 44.3 Å². The number of carbonyl (C=O) groups is 4. The second-order valence-corrected chi connectivity index (χ2v) is 9.00. The van der Waals surface area contributed by atoms with E-state index in [2.05, 4.69) is 10.6 Å². The fourth-order valence-electron chi connectivity index (χ4n) is 4.83. The SMILES string of the molecule is CC(C)(C)N1C(=O)[C@H]2[C@@H](C1=O)[C@]1(N[C@@H]2CC(N)=O)C(=O)Nc2ccc(Cl)cc21. The van der Waals surface area contributed by atoms with Crippen molar-refractivity contribution in [1.82, 2.24) is 10.2 Å². The van der Waals surface area contributed by atoms with Gasteiger partial charge in [-0.3, -0.25) is 29.4 Å². The van der Waals surface area contributed by atoms with Crippen LogP contribution in [0.3, 0.4) is 0 Å². The molecule has 3 heterocycles. The lowest BCUT2D eigenvalue weighted by Crippen LogP contribution is -2.56. The summed E-state index contributed by atoms with van der Waals surface area (Å²) in [6, 6.07) is 4.17. The Bertz CT molecular complexity index is 940. The maximum absolute atomic E-state index is 13.4. The van der Waals surface area contributed by atoms with Gasteiger partial charge in [-0.25, -0.2) is 0 Å². The predicted octanol–water partition coefficient (Wildman–Crippen LogP) is 0.734. The minimum absolute atomic E-state index is 0.164. The molecule has 2 saturated heterocycles. The van der Waals surface area contributed by atoms with E-state index in [1.165, 1.54) is 4.90 Å². The van der Waals surface area contributed by atoms with Crippen molar-refractivity contribution >= 4 is 40.9 Å². The molecule has 4 amide bonds. The van der Waals surface area contributed by atoms with E-state index in [1.807, 2.05) is 0 Å². The number of fused-ring (bicyclic) bond motifs is 4. The van der Waals surface area contributed by atoms with Gasteiger partial charge >= 0.3 is 0 Å². The van der Waals surface area contributed by atoms with Crippen LogP contribution in [0.1, 0.15) is 32.8 Å². The van der Waals surface area contributed by atoms with Gasteiger partial charge in [0.05, 0.1) is 11.8 Å². The van der Waals surface area contributed by atoms with Crippen molar-refractivity contribution in [3.05, 3.63) is 28.8 Å². The monoisotopic (exact) mass is 404 g/mol. The Morgan fingerprint density at radius 3 is 2.54 bits per heavy atom. The summed E-state index contributed by atoms with van der Waals surface area (Å²) in [4.78, 5) is 52.6. The van der Waals surface area contributed by atoms with Gasteiger partial charge in [-0.2, -0.15) is 0 Å². The highest BCUT2D eigenvalue weighted by atomic mass is 35.5. The molecule has 3 aliphatic heterocycles. The lowest BCUT2D eigenvalue weighted by atomic mass is 9.76. The van der Waals surface area contributed by atoms with Gasteiger partial charge in [-0.1, -0.05) is 11.6 Å². The minimum atomic E-state index is -1.47. The average Bonchev–Trinajstić information content (AvgIpc) is 3.12. The molecule has 4 N–H and O–H groups in total. The van der Waals surface area contributed by atoms with Gasteiger partial charge < -0.3 is 11.1 Å². The van der Waals surface area contributed by atoms with Crippen LogP contribution in [0.2, 0.25) is 5.02 Å². The predicted molar refractivity (Wildman–Crippen MR) is 101 cm³/mol. The van der Waals surface area contributed by atoms with Crippen molar-refractivity contribution in [3.8, 4) is 0 Å². The maximum atomic E-state index is 13.4. The number of nitrogens with one attached hydrogen (secondary N) is 2. The molecule has 2 fully saturated rings. The Balaban J connectivity index is 1.92. The Morgan fingerprint density at radius 1 is 1.25 bits per heavy atom. The molecule has 1 aromatic carbocycles. The summed E-state index contributed by atoms with van der Waals surface area (Å²) in [6.07, 6.45) is -0.164. The number of amides is 4. The number of carbonyl (C=O) groups excluding carboxylic acids is 4. The molecule has 0 aromatic heterocycles. The zero-order valence-electron chi connectivity index (χ0n) is 15.7. The van der Waals surface area contributed by atoms with Gasteiger partial charge in [0.2, 0.25) is 23.6 Å². The average molecular weight is 405 g/mol. The first-order valence-electron chi connectivity index (χ1n) is 9.04. The number of anilines is 1. The topological polar surface area (TPSA) is 122 Å². The molecule has 4 atom stereocenters. The fourth-order valence-corrected chi connectivity index (χ4v) is 5.00. The Hall–Kier alpha value is -2.45. The van der Waals surface area contributed by atoms with Crippen LogP contribution in [0.4, 0.5) is 5.69 Å². The highest BCUT2D eigenvalue weighted by Crippen LogP contribution is 2.54. The molecule has 1 aromatic rings. The molecular formula is C19H21ClN4O4. The van der Waals surface area contributed by atoms with Crippen molar-refractivity contribution in [2.75, 3.05) is 5.32 Å². The molecule has 148 valence electrons. The highest BCUT2D eigenvalue weighted by molar-refractivity contribution is 6.31. The van der Waals surface area contributed by atoms with E-state index >= 15 is 0 Å². The lowest BCUT2D eigenvalue weighted by molar-refractivity contribution is -0.147. The van der Waals surface area contributed by atoms with E-state index in [1.54, 1.807) is 39.0 Å². The number of nitrogens with two attached hydrogens (primary N) is 1. The van der Waals surface area contributed by atoms with Gasteiger partial charge in [0.25, 0.3) is 0 Å². The zero-order chi connectivity index (χ0) is 20.6. The van der Waals surface area contributed by atoms with Crippen molar-refractivity contribution in [2.24, 2.45) is 17.6 Å². The molecule has 28 heavy (non-hydrogen) atoms. The maximum Gasteiger partial charge on any atom is 0.250 e. The first-order valence-corrected chi connectivity index (χ1v) is 9.41. The minimum Gasteiger partial charge on any atom is -0.370 e. The highest BCUT2D eigenvalue weighted by Gasteiger charge is 2.71. The third kappa shape index (κ3) is 2.34. The van der Waals surface area contributed by atoms with Gasteiger partial charge in [0.1, 0.15) is 5.54 Å². The van der Waals surface area contributed by atoms with Gasteiger partial charge in [-0.05, 0) is 39.0 Å². The third-order valence-electron chi connectivity index (χ3n) is 5.77. The normalized spacial score (nSPS) is 31.4. The van der Waals surface area contributed by atoms with Gasteiger partial charge in [-0.15, -0.1) is 0 Å². The molecule has 4 rings (SSSR count). The van der Waals surface area contributed by atoms with Crippen molar-refractivity contribution < 1.29 is 19.2 Å². The number of imide groups is 1. The van der Waals surface area contributed by atoms with Crippen molar-refractivity contribution in [1.29, 1.82) is 0 Å². The van der Waals surface area contributed by atoms with Crippen LogP contribution in [-0.4, -0.2) is 40.1 Å². The number of hydrogen-bond acceptors (Lipinski definition) is 5. The Kier molecular flexibility index (Phi) is 3.90. The Morgan fingerprint density at radius 2 is 1.93 bits per heavy atom. The molecule has 8 nitrogen and oxygen atoms in total. The summed E-state index contributed by atoms with van der Waals surface area (Å²) in [5.74, 6) is -3.75. The van der Waals surface area contributed by atoms with Crippen LogP contribution in [0.15, 0.2) is 18.2 Å². The second-order valence-electron chi connectivity index (χ2n) is 8.56. The number of likely N-dealkylation sites (tertiary alicyclic amines) is 1. The summed E-state index contributed by atoms with van der Waals surface area (Å²) >= 11 is 6.16. The molecule has 9 heteroatoms. The first kappa shape index (κ1) is 18.9. The second kappa shape index (κ2) is 5.78. The molecule has 0 unspecified atom stereocenters. The fraction of sp³-hybridized carbons (Fsp3) is 0.474. The van der Waals surface area contributed by atoms with Crippen LogP contribution < -0.4 is 16.4 Å². The molecule has 0 aliphatic carbocycles. The van der Waals surface area contributed by atoms with Crippen LogP contribution >= 0.6 is 11.6 Å². The van der Waals surface area contributed by atoms with Crippen LogP contribution in [0.25, 0.3) is 0 Å². The summed E-state index contributed by atoms with van der Waals surface area (Å²) < 4.78 is 0. The van der Waals surface area contributed by atoms with Crippen molar-refractivity contribution in [3.63, 3.8) is 0 Å². The van der Waals surface area contributed by atoms with Crippen LogP contribution in [-0.2, 0) is 24.7 Å². The smallest absolute Gasteiger partial charge is 0.250 e. The van der Waals surface area contributed by atoms with Crippen LogP contribution in [0.5, 0.6) is 0 Å². The summed E-state index contributed by atoms with van der Waals surface area (Å²) in [6.45, 7) is 5.27. The van der Waals surface area contributed by atoms with E-state index in [0.29, 0.717) is 16.3 Å². The number of nitrogens with zero attached hydrogens (tertiary/aromatic N) is 1. The van der Waals surface area contributed by atoms with E-state index in [0.717, 1.165) is 0 Å². The molecule has 3 aliphatic rings. The summed E-state index contributed by atoms with van der Waals surface area (Å²) in [5, 5.41) is 6.30. The summed E-state index contributed by atoms with van der Waals surface area (Å²) in [5.41, 5.74) is 4.18. The number of rotatable bonds is 2. The summed E-state index contributed by atoms with van der Waals surface area (Å²) in [7, 11) is 0. The van der Waals surface area contributed by atoms with Gasteiger partial charge in [0.15, 0.2) is 0 Å². The van der Waals surface area contributed by atoms with E-state index in [4.69, 9.17) is 17.3 Å². The van der Waals surface area contributed by atoms with Gasteiger partial charge in [0, 0.05) is 34.3 Å². The Labute approximate surface area is 166 Å². The molecule has 0 bridgehead atoms. The first-order chi connectivity index (χ1) is 13.0. The van der Waals surface area contributed by atoms with E-state index < -0.39 is 52.6 Å². The van der Waals surface area contributed by atoms with E-state index in [-0.39, 0.29) is 6.42 Å². The quantitative estimate of drug-likeness (QED) is 0.627. The molecular weight excluding hydrogens is 384 g/mol. The molecule has 0 saturated carbocycles. The zero-order valence-corrected chi connectivity index (χ0v) is 16.5.